The molecule has 0 saturated heterocycles. The maximum absolute atomic E-state index is 4.57. The largest absolute Gasteiger partial charge is 0.254 e. The van der Waals surface area contributed by atoms with Gasteiger partial charge in [-0.15, -0.1) is 0 Å². The van der Waals surface area contributed by atoms with Gasteiger partial charge in [0.25, 0.3) is 0 Å². The van der Waals surface area contributed by atoms with E-state index in [1.54, 1.807) is 0 Å². The summed E-state index contributed by atoms with van der Waals surface area (Å²) >= 11 is 0. The summed E-state index contributed by atoms with van der Waals surface area (Å²) in [6, 6.07) is 8.48. The zero-order chi connectivity index (χ0) is 13.3. The molecule has 0 unspecified atom stereocenters. The molecule has 0 N–H and O–H groups in total. The Labute approximate surface area is 113 Å². The summed E-state index contributed by atoms with van der Waals surface area (Å²) in [6.45, 7) is 8.66. The molecule has 94 valence electrons. The molecule has 2 aliphatic rings. The SMILES string of the molecule is C=C(C)[C@@]1(C)CC12c1cccnc1-c1ncccc12. The van der Waals surface area contributed by atoms with Crippen molar-refractivity contribution >= 4 is 0 Å². The first-order valence-corrected chi connectivity index (χ1v) is 6.68. The number of rotatable bonds is 1. The van der Waals surface area contributed by atoms with Gasteiger partial charge in [0.15, 0.2) is 0 Å². The summed E-state index contributed by atoms with van der Waals surface area (Å²) in [4.78, 5) is 9.14. The number of nitrogens with zero attached hydrogens (tertiary/aromatic N) is 2. The molecule has 0 aromatic carbocycles. The third kappa shape index (κ3) is 1.04. The maximum Gasteiger partial charge on any atom is 0.0930 e. The van der Waals surface area contributed by atoms with E-state index in [4.69, 9.17) is 0 Å². The van der Waals surface area contributed by atoms with E-state index in [0.717, 1.165) is 17.8 Å². The van der Waals surface area contributed by atoms with Gasteiger partial charge in [-0.1, -0.05) is 31.2 Å². The van der Waals surface area contributed by atoms with Gasteiger partial charge in [-0.05, 0) is 36.6 Å². The van der Waals surface area contributed by atoms with Crippen LogP contribution in [0.2, 0.25) is 0 Å². The molecule has 2 aromatic heterocycles. The van der Waals surface area contributed by atoms with Gasteiger partial charge < -0.3 is 0 Å². The lowest BCUT2D eigenvalue weighted by Gasteiger charge is -2.20. The van der Waals surface area contributed by atoms with Crippen molar-refractivity contribution in [3.63, 3.8) is 0 Å². The van der Waals surface area contributed by atoms with Crippen LogP contribution in [0, 0.1) is 5.41 Å². The Bertz CT molecular complexity index is 671. The lowest BCUT2D eigenvalue weighted by atomic mass is 9.82. The maximum atomic E-state index is 4.57. The molecule has 4 rings (SSSR count). The van der Waals surface area contributed by atoms with E-state index >= 15 is 0 Å². The predicted molar refractivity (Wildman–Crippen MR) is 75.8 cm³/mol. The fourth-order valence-electron chi connectivity index (χ4n) is 3.81. The van der Waals surface area contributed by atoms with E-state index in [9.17, 15) is 0 Å². The van der Waals surface area contributed by atoms with E-state index in [-0.39, 0.29) is 10.8 Å². The molecular formula is C17H16N2. The molecular weight excluding hydrogens is 232 g/mol. The van der Waals surface area contributed by atoms with Crippen LogP contribution in [0.4, 0.5) is 0 Å². The van der Waals surface area contributed by atoms with Crippen molar-refractivity contribution in [3.05, 3.63) is 59.9 Å². The molecule has 1 fully saturated rings. The predicted octanol–water partition coefficient (Wildman–Crippen LogP) is 3.73. The molecule has 0 bridgehead atoms. The molecule has 0 radical (unpaired) electrons. The van der Waals surface area contributed by atoms with Crippen molar-refractivity contribution in [2.45, 2.75) is 25.7 Å². The van der Waals surface area contributed by atoms with Gasteiger partial charge in [-0.3, -0.25) is 9.97 Å². The Morgan fingerprint density at radius 2 is 1.63 bits per heavy atom. The Hall–Kier alpha value is -1.96. The Morgan fingerprint density at radius 3 is 2.05 bits per heavy atom. The Morgan fingerprint density at radius 1 is 1.11 bits per heavy atom. The van der Waals surface area contributed by atoms with Gasteiger partial charge in [0, 0.05) is 23.2 Å². The van der Waals surface area contributed by atoms with Crippen molar-refractivity contribution in [2.24, 2.45) is 5.41 Å². The van der Waals surface area contributed by atoms with Gasteiger partial charge in [-0.2, -0.15) is 0 Å². The molecule has 1 spiro atoms. The molecule has 0 aliphatic heterocycles. The van der Waals surface area contributed by atoms with Crippen molar-refractivity contribution in [3.8, 4) is 11.4 Å². The summed E-state index contributed by atoms with van der Waals surface area (Å²) in [7, 11) is 0. The van der Waals surface area contributed by atoms with Crippen LogP contribution in [-0.2, 0) is 5.41 Å². The Balaban J connectivity index is 2.07. The van der Waals surface area contributed by atoms with Gasteiger partial charge in [0.2, 0.25) is 0 Å². The van der Waals surface area contributed by atoms with Crippen LogP contribution in [0.3, 0.4) is 0 Å². The van der Waals surface area contributed by atoms with Crippen LogP contribution in [0.1, 0.15) is 31.4 Å². The summed E-state index contributed by atoms with van der Waals surface area (Å²) < 4.78 is 0. The van der Waals surface area contributed by atoms with Crippen LogP contribution in [0.5, 0.6) is 0 Å². The second-order valence-electron chi connectivity index (χ2n) is 5.99. The van der Waals surface area contributed by atoms with E-state index in [2.05, 4.69) is 42.5 Å². The molecule has 2 nitrogen and oxygen atoms in total. The number of hydrogen-bond donors (Lipinski definition) is 0. The van der Waals surface area contributed by atoms with Gasteiger partial charge >= 0.3 is 0 Å². The second kappa shape index (κ2) is 3.13. The minimum atomic E-state index is 0.0615. The van der Waals surface area contributed by atoms with Crippen molar-refractivity contribution in [1.82, 2.24) is 9.97 Å². The molecule has 1 atom stereocenters. The number of fused-ring (bicyclic) bond motifs is 5. The summed E-state index contributed by atoms with van der Waals surface area (Å²) in [5.41, 5.74) is 6.22. The lowest BCUT2D eigenvalue weighted by Crippen LogP contribution is -2.16. The first-order chi connectivity index (χ1) is 9.11. The van der Waals surface area contributed by atoms with E-state index in [1.165, 1.54) is 16.7 Å². The molecule has 1 saturated carbocycles. The first kappa shape index (κ1) is 10.9. The number of aromatic nitrogens is 2. The van der Waals surface area contributed by atoms with Crippen molar-refractivity contribution < 1.29 is 0 Å². The van der Waals surface area contributed by atoms with Crippen molar-refractivity contribution in [2.75, 3.05) is 0 Å². The third-order valence-electron chi connectivity index (χ3n) is 5.14. The summed E-state index contributed by atoms with van der Waals surface area (Å²) in [5, 5.41) is 0. The molecule has 0 amide bonds. The average Bonchev–Trinajstić information content (AvgIpc) is 2.98. The fourth-order valence-corrected chi connectivity index (χ4v) is 3.81. The highest BCUT2D eigenvalue weighted by Crippen LogP contribution is 2.75. The number of hydrogen-bond acceptors (Lipinski definition) is 2. The van der Waals surface area contributed by atoms with Crippen LogP contribution in [0.25, 0.3) is 11.4 Å². The minimum absolute atomic E-state index is 0.0615. The highest BCUT2D eigenvalue weighted by Gasteiger charge is 2.70. The van der Waals surface area contributed by atoms with Crippen LogP contribution < -0.4 is 0 Å². The quantitative estimate of drug-likeness (QED) is 0.719. The molecule has 19 heavy (non-hydrogen) atoms. The topological polar surface area (TPSA) is 25.8 Å². The van der Waals surface area contributed by atoms with Gasteiger partial charge in [-0.25, -0.2) is 0 Å². The summed E-state index contributed by atoms with van der Waals surface area (Å²) in [5.74, 6) is 0. The number of pyridine rings is 2. The fraction of sp³-hybridized carbons (Fsp3) is 0.294. The molecule has 2 heteroatoms. The molecule has 2 heterocycles. The highest BCUT2D eigenvalue weighted by molar-refractivity contribution is 5.79. The second-order valence-corrected chi connectivity index (χ2v) is 5.99. The van der Waals surface area contributed by atoms with Crippen LogP contribution >= 0.6 is 0 Å². The Kier molecular flexibility index (Phi) is 1.80. The molecule has 2 aliphatic carbocycles. The lowest BCUT2D eigenvalue weighted by molar-refractivity contribution is 0.591. The smallest absolute Gasteiger partial charge is 0.0930 e. The molecule has 2 aromatic rings. The highest BCUT2D eigenvalue weighted by atomic mass is 14.8. The van der Waals surface area contributed by atoms with E-state index in [1.807, 2.05) is 24.5 Å². The van der Waals surface area contributed by atoms with Crippen LogP contribution in [-0.4, -0.2) is 9.97 Å². The van der Waals surface area contributed by atoms with Crippen LogP contribution in [0.15, 0.2) is 48.8 Å². The number of allylic oxidation sites excluding steroid dienone is 1. The zero-order valence-electron chi connectivity index (χ0n) is 11.3. The van der Waals surface area contributed by atoms with E-state index < -0.39 is 0 Å². The summed E-state index contributed by atoms with van der Waals surface area (Å²) in [6.07, 6.45) is 4.83. The first-order valence-electron chi connectivity index (χ1n) is 6.68. The standard InChI is InChI=1S/C17H16N2/c1-11(2)16(3)10-17(16)12-6-4-8-18-14(12)15-13(17)7-5-9-19-15/h4-9H,1,10H2,2-3H3/t16-/m1/s1. The normalized spacial score (nSPS) is 24.9. The average molecular weight is 248 g/mol. The zero-order valence-corrected chi connectivity index (χ0v) is 11.3. The monoisotopic (exact) mass is 248 g/mol. The third-order valence-corrected chi connectivity index (χ3v) is 5.14. The van der Waals surface area contributed by atoms with E-state index in [0.29, 0.717) is 0 Å². The van der Waals surface area contributed by atoms with Gasteiger partial charge in [0.1, 0.15) is 0 Å². The van der Waals surface area contributed by atoms with Gasteiger partial charge in [0.05, 0.1) is 11.4 Å². The van der Waals surface area contributed by atoms with Crippen molar-refractivity contribution in [1.29, 1.82) is 0 Å². The minimum Gasteiger partial charge on any atom is -0.254 e.